The van der Waals surface area contributed by atoms with Crippen molar-refractivity contribution in [3.05, 3.63) is 70.3 Å². The maximum absolute atomic E-state index is 11.6. The maximum atomic E-state index is 11.6. The van der Waals surface area contributed by atoms with Gasteiger partial charge in [-0.05, 0) is 52.7 Å². The van der Waals surface area contributed by atoms with Gasteiger partial charge in [-0.15, -0.1) is 0 Å². The molecule has 1 aromatic heterocycles. The first-order valence-corrected chi connectivity index (χ1v) is 9.38. The lowest BCUT2D eigenvalue weighted by Crippen LogP contribution is -2.05. The van der Waals surface area contributed by atoms with Crippen molar-refractivity contribution >= 4 is 43.6 Å². The second-order valence-corrected chi connectivity index (χ2v) is 7.32. The quantitative estimate of drug-likeness (QED) is 0.342. The van der Waals surface area contributed by atoms with Crippen molar-refractivity contribution in [1.82, 2.24) is 4.98 Å². The van der Waals surface area contributed by atoms with Gasteiger partial charge >= 0.3 is 5.97 Å². The molecule has 5 heteroatoms. The van der Waals surface area contributed by atoms with Crippen LogP contribution >= 0.6 is 15.9 Å². The number of hydrogen-bond donors (Lipinski definition) is 1. The highest BCUT2D eigenvalue weighted by atomic mass is 79.9. The van der Waals surface area contributed by atoms with Crippen LogP contribution in [0.5, 0.6) is 11.5 Å². The highest BCUT2D eigenvalue weighted by Crippen LogP contribution is 2.34. The molecule has 0 aliphatic heterocycles. The van der Waals surface area contributed by atoms with Crippen molar-refractivity contribution < 1.29 is 14.3 Å². The Morgan fingerprint density at radius 2 is 1.93 bits per heavy atom. The van der Waals surface area contributed by atoms with Gasteiger partial charge in [-0.3, -0.25) is 4.79 Å². The zero-order valence-corrected chi connectivity index (χ0v) is 16.6. The van der Waals surface area contributed by atoms with E-state index in [-0.39, 0.29) is 5.97 Å². The molecule has 1 heterocycles. The third kappa shape index (κ3) is 3.43. The van der Waals surface area contributed by atoms with E-state index in [0.29, 0.717) is 12.2 Å². The highest BCUT2D eigenvalue weighted by Gasteiger charge is 2.14. The molecule has 0 saturated heterocycles. The first-order chi connectivity index (χ1) is 13.0. The molecule has 0 saturated carbocycles. The Labute approximate surface area is 165 Å². The number of fused-ring (bicyclic) bond motifs is 2. The van der Waals surface area contributed by atoms with Crippen molar-refractivity contribution in [2.75, 3.05) is 7.11 Å². The molecule has 0 bridgehead atoms. The number of esters is 1. The van der Waals surface area contributed by atoms with Crippen molar-refractivity contribution in [2.45, 2.75) is 13.3 Å². The third-order valence-electron chi connectivity index (χ3n) is 4.65. The Bertz CT molecular complexity index is 1160. The Balaban J connectivity index is 1.88. The minimum Gasteiger partial charge on any atom is -0.497 e. The molecule has 1 N–H and O–H groups in total. The molecule has 0 radical (unpaired) electrons. The zero-order chi connectivity index (χ0) is 19.0. The molecule has 0 aliphatic carbocycles. The fraction of sp³-hybridized carbons (Fsp3) is 0.136. The molecule has 4 aromatic rings. The van der Waals surface area contributed by atoms with E-state index in [9.17, 15) is 4.79 Å². The van der Waals surface area contributed by atoms with E-state index in [0.717, 1.165) is 43.0 Å². The summed E-state index contributed by atoms with van der Waals surface area (Å²) in [6, 6.07) is 15.9. The van der Waals surface area contributed by atoms with E-state index >= 15 is 0 Å². The standard InChI is InChI=1S/C22H18BrNO3/c1-13(25)27-22-8-3-14-9-16(23)4-6-18(14)20(22)10-15-12-24-21-7-5-17(26-2)11-19(15)21/h3-9,11-12,24H,10H2,1-2H3. The summed E-state index contributed by atoms with van der Waals surface area (Å²) in [5.74, 6) is 1.08. The molecule has 0 amide bonds. The molecule has 4 rings (SSSR count). The van der Waals surface area contributed by atoms with Gasteiger partial charge in [0.05, 0.1) is 7.11 Å². The van der Waals surface area contributed by atoms with Crippen LogP contribution in [0.3, 0.4) is 0 Å². The van der Waals surface area contributed by atoms with Crippen molar-refractivity contribution in [1.29, 1.82) is 0 Å². The number of carbonyl (C=O) groups excluding carboxylic acids is 1. The summed E-state index contributed by atoms with van der Waals surface area (Å²) in [7, 11) is 1.66. The van der Waals surface area contributed by atoms with Gasteiger partial charge in [-0.2, -0.15) is 0 Å². The molecular weight excluding hydrogens is 406 g/mol. The van der Waals surface area contributed by atoms with Crippen LogP contribution in [0.1, 0.15) is 18.1 Å². The SMILES string of the molecule is COc1ccc2[nH]cc(Cc3c(OC(C)=O)ccc4cc(Br)ccc34)c2c1. The smallest absolute Gasteiger partial charge is 0.308 e. The van der Waals surface area contributed by atoms with Crippen molar-refractivity contribution in [2.24, 2.45) is 0 Å². The zero-order valence-electron chi connectivity index (χ0n) is 15.0. The lowest BCUT2D eigenvalue weighted by Gasteiger charge is -2.13. The number of nitrogens with one attached hydrogen (secondary N) is 1. The second-order valence-electron chi connectivity index (χ2n) is 6.40. The number of ether oxygens (including phenoxy) is 2. The summed E-state index contributed by atoms with van der Waals surface area (Å²) >= 11 is 3.52. The van der Waals surface area contributed by atoms with E-state index in [2.05, 4.69) is 33.0 Å². The van der Waals surface area contributed by atoms with Crippen LogP contribution in [-0.4, -0.2) is 18.1 Å². The Kier molecular flexibility index (Phi) is 4.62. The average Bonchev–Trinajstić information content (AvgIpc) is 3.05. The Hall–Kier alpha value is -2.79. The summed E-state index contributed by atoms with van der Waals surface area (Å²) in [5, 5.41) is 3.25. The van der Waals surface area contributed by atoms with Gasteiger partial charge in [0.25, 0.3) is 0 Å². The molecular formula is C22H18BrNO3. The largest absolute Gasteiger partial charge is 0.497 e. The van der Waals surface area contributed by atoms with Crippen LogP contribution in [0.15, 0.2) is 59.2 Å². The number of carbonyl (C=O) groups is 1. The van der Waals surface area contributed by atoms with Crippen LogP contribution in [0.4, 0.5) is 0 Å². The average molecular weight is 424 g/mol. The number of hydrogen-bond acceptors (Lipinski definition) is 3. The monoisotopic (exact) mass is 423 g/mol. The fourth-order valence-corrected chi connectivity index (χ4v) is 3.78. The number of H-pyrrole nitrogens is 1. The lowest BCUT2D eigenvalue weighted by molar-refractivity contribution is -0.131. The van der Waals surface area contributed by atoms with Gasteiger partial charge in [-0.1, -0.05) is 28.1 Å². The van der Waals surface area contributed by atoms with Gasteiger partial charge in [0.2, 0.25) is 0 Å². The number of halogens is 1. The number of aromatic nitrogens is 1. The predicted molar refractivity (Wildman–Crippen MR) is 111 cm³/mol. The topological polar surface area (TPSA) is 51.3 Å². The maximum Gasteiger partial charge on any atom is 0.308 e. The summed E-state index contributed by atoms with van der Waals surface area (Å²) < 4.78 is 11.9. The molecule has 0 atom stereocenters. The molecule has 0 spiro atoms. The Morgan fingerprint density at radius 1 is 1.07 bits per heavy atom. The summed E-state index contributed by atoms with van der Waals surface area (Å²) in [5.41, 5.74) is 3.15. The molecule has 3 aromatic carbocycles. The first-order valence-electron chi connectivity index (χ1n) is 8.58. The van der Waals surface area contributed by atoms with E-state index in [1.165, 1.54) is 6.92 Å². The molecule has 0 unspecified atom stereocenters. The van der Waals surface area contributed by atoms with E-state index in [4.69, 9.17) is 9.47 Å². The van der Waals surface area contributed by atoms with Crippen LogP contribution in [0.2, 0.25) is 0 Å². The number of aromatic amines is 1. The van der Waals surface area contributed by atoms with E-state index < -0.39 is 0 Å². The fourth-order valence-electron chi connectivity index (χ4n) is 3.40. The van der Waals surface area contributed by atoms with Crippen molar-refractivity contribution in [3.8, 4) is 11.5 Å². The Morgan fingerprint density at radius 3 is 2.70 bits per heavy atom. The van der Waals surface area contributed by atoms with Gasteiger partial charge in [0, 0.05) is 40.5 Å². The molecule has 27 heavy (non-hydrogen) atoms. The molecule has 0 aliphatic rings. The summed E-state index contributed by atoms with van der Waals surface area (Å²) in [4.78, 5) is 14.9. The van der Waals surface area contributed by atoms with Crippen LogP contribution in [0.25, 0.3) is 21.7 Å². The van der Waals surface area contributed by atoms with Crippen molar-refractivity contribution in [3.63, 3.8) is 0 Å². The predicted octanol–water partition coefficient (Wildman–Crippen LogP) is 5.61. The number of rotatable bonds is 4. The third-order valence-corrected chi connectivity index (χ3v) is 5.14. The first kappa shape index (κ1) is 17.6. The normalized spacial score (nSPS) is 11.1. The van der Waals surface area contributed by atoms with Gasteiger partial charge < -0.3 is 14.5 Å². The van der Waals surface area contributed by atoms with E-state index in [1.807, 2.05) is 42.6 Å². The lowest BCUT2D eigenvalue weighted by atomic mass is 9.97. The van der Waals surface area contributed by atoms with Gasteiger partial charge in [-0.25, -0.2) is 0 Å². The van der Waals surface area contributed by atoms with Gasteiger partial charge in [0.15, 0.2) is 0 Å². The minimum absolute atomic E-state index is 0.326. The van der Waals surface area contributed by atoms with Crippen LogP contribution < -0.4 is 9.47 Å². The number of methoxy groups -OCH3 is 1. The second kappa shape index (κ2) is 7.08. The molecule has 4 nitrogen and oxygen atoms in total. The summed E-state index contributed by atoms with van der Waals surface area (Å²) in [6.07, 6.45) is 2.63. The van der Waals surface area contributed by atoms with Gasteiger partial charge in [0.1, 0.15) is 11.5 Å². The summed E-state index contributed by atoms with van der Waals surface area (Å²) in [6.45, 7) is 1.42. The minimum atomic E-state index is -0.326. The van der Waals surface area contributed by atoms with Crippen LogP contribution in [0, 0.1) is 0 Å². The van der Waals surface area contributed by atoms with Crippen LogP contribution in [-0.2, 0) is 11.2 Å². The highest BCUT2D eigenvalue weighted by molar-refractivity contribution is 9.10. The number of benzene rings is 3. The van der Waals surface area contributed by atoms with E-state index in [1.54, 1.807) is 7.11 Å². The molecule has 136 valence electrons. The molecule has 0 fully saturated rings.